The van der Waals surface area contributed by atoms with Crippen LogP contribution in [-0.4, -0.2) is 22.8 Å². The summed E-state index contributed by atoms with van der Waals surface area (Å²) >= 11 is 5.78. The van der Waals surface area contributed by atoms with Crippen molar-refractivity contribution >= 4 is 46.9 Å². The van der Waals surface area contributed by atoms with Crippen LogP contribution >= 0.6 is 11.6 Å². The highest BCUT2D eigenvalue weighted by atomic mass is 35.5. The van der Waals surface area contributed by atoms with E-state index >= 15 is 0 Å². The fourth-order valence-electron chi connectivity index (χ4n) is 2.68. The summed E-state index contributed by atoms with van der Waals surface area (Å²) in [5, 5.41) is 13.1. The number of rotatable bonds is 3. The number of nitro groups is 1. The zero-order valence-corrected chi connectivity index (χ0v) is 15.6. The highest BCUT2D eigenvalue weighted by Gasteiger charge is 2.37. The first-order chi connectivity index (χ1) is 13.2. The van der Waals surface area contributed by atoms with Crippen LogP contribution in [0.25, 0.3) is 6.08 Å². The molecule has 0 bridgehead atoms. The molecule has 1 N–H and O–H groups in total. The number of carbonyl (C=O) groups is 3. The van der Waals surface area contributed by atoms with Gasteiger partial charge in [-0.1, -0.05) is 23.7 Å². The van der Waals surface area contributed by atoms with Gasteiger partial charge in [-0.25, -0.2) is 9.69 Å². The number of halogens is 1. The van der Waals surface area contributed by atoms with Crippen LogP contribution in [0.15, 0.2) is 42.0 Å². The molecule has 142 valence electrons. The number of nitrogens with zero attached hydrogens (tertiary/aromatic N) is 2. The zero-order valence-electron chi connectivity index (χ0n) is 14.9. The molecule has 8 nitrogen and oxygen atoms in total. The van der Waals surface area contributed by atoms with E-state index in [4.69, 9.17) is 11.6 Å². The molecule has 0 aromatic heterocycles. The zero-order chi connectivity index (χ0) is 20.6. The molecule has 1 saturated heterocycles. The van der Waals surface area contributed by atoms with E-state index in [-0.39, 0.29) is 21.8 Å². The molecule has 28 heavy (non-hydrogen) atoms. The number of hydrogen-bond donors (Lipinski definition) is 1. The first-order valence-electron chi connectivity index (χ1n) is 8.11. The maximum atomic E-state index is 12.8. The summed E-state index contributed by atoms with van der Waals surface area (Å²) in [4.78, 5) is 48.5. The van der Waals surface area contributed by atoms with Crippen LogP contribution in [0.1, 0.15) is 16.7 Å². The Hall–Kier alpha value is -3.52. The highest BCUT2D eigenvalue weighted by Crippen LogP contribution is 2.28. The van der Waals surface area contributed by atoms with E-state index in [1.165, 1.54) is 18.2 Å². The predicted molar refractivity (Wildman–Crippen MR) is 103 cm³/mol. The molecule has 0 atom stereocenters. The maximum Gasteiger partial charge on any atom is 0.335 e. The second kappa shape index (κ2) is 7.24. The Morgan fingerprint density at radius 1 is 1.07 bits per heavy atom. The number of barbiturate groups is 1. The molecule has 4 amide bonds. The van der Waals surface area contributed by atoms with E-state index in [0.717, 1.165) is 22.1 Å². The van der Waals surface area contributed by atoms with Gasteiger partial charge in [-0.05, 0) is 54.8 Å². The van der Waals surface area contributed by atoms with Gasteiger partial charge in [-0.15, -0.1) is 0 Å². The van der Waals surface area contributed by atoms with Crippen LogP contribution in [-0.2, 0) is 9.59 Å². The lowest BCUT2D eigenvalue weighted by atomic mass is 10.0. The number of hydrogen-bond acceptors (Lipinski definition) is 5. The van der Waals surface area contributed by atoms with Gasteiger partial charge in [0.15, 0.2) is 0 Å². The molecule has 1 heterocycles. The number of anilines is 1. The molecule has 1 fully saturated rings. The second-order valence-corrected chi connectivity index (χ2v) is 6.60. The van der Waals surface area contributed by atoms with Crippen LogP contribution in [0.5, 0.6) is 0 Å². The SMILES string of the molecule is Cc1ccc(N2C(=O)NC(=O)/C(=C\c3ccc(Cl)c([N+](=O)[O-])c3)C2=O)cc1C. The van der Waals surface area contributed by atoms with Gasteiger partial charge in [0.1, 0.15) is 10.6 Å². The Bertz CT molecular complexity index is 1080. The van der Waals surface area contributed by atoms with Crippen molar-refractivity contribution in [3.63, 3.8) is 0 Å². The average Bonchev–Trinajstić information content (AvgIpc) is 2.62. The molecule has 2 aromatic rings. The van der Waals surface area contributed by atoms with Crippen molar-refractivity contribution in [2.24, 2.45) is 0 Å². The molecule has 3 rings (SSSR count). The average molecular weight is 400 g/mol. The van der Waals surface area contributed by atoms with Crippen molar-refractivity contribution in [3.05, 3.63) is 73.8 Å². The summed E-state index contributed by atoms with van der Waals surface area (Å²) < 4.78 is 0. The maximum absolute atomic E-state index is 12.8. The minimum atomic E-state index is -0.882. The van der Waals surface area contributed by atoms with Gasteiger partial charge in [0.25, 0.3) is 17.5 Å². The number of aryl methyl sites for hydroxylation is 2. The molecule has 1 aliphatic rings. The molecule has 0 saturated carbocycles. The molecule has 0 spiro atoms. The van der Waals surface area contributed by atoms with Crippen molar-refractivity contribution in [2.75, 3.05) is 4.90 Å². The minimum Gasteiger partial charge on any atom is -0.273 e. The molecule has 2 aromatic carbocycles. The van der Waals surface area contributed by atoms with Crippen molar-refractivity contribution in [3.8, 4) is 0 Å². The van der Waals surface area contributed by atoms with Crippen LogP contribution in [0.3, 0.4) is 0 Å². The van der Waals surface area contributed by atoms with Gasteiger partial charge in [0.05, 0.1) is 10.6 Å². The standard InChI is InChI=1S/C19H14ClN3O5/c1-10-3-5-13(7-11(10)2)22-18(25)14(17(24)21-19(22)26)8-12-4-6-15(20)16(9-12)23(27)28/h3-9H,1-2H3,(H,21,24,26)/b14-8+. The number of benzene rings is 2. The monoisotopic (exact) mass is 399 g/mol. The Balaban J connectivity index is 2.05. The smallest absolute Gasteiger partial charge is 0.273 e. The van der Waals surface area contributed by atoms with Crippen molar-refractivity contribution in [1.29, 1.82) is 0 Å². The summed E-state index contributed by atoms with van der Waals surface area (Å²) in [5.74, 6) is -1.71. The molecule has 1 aliphatic heterocycles. The Morgan fingerprint density at radius 2 is 1.79 bits per heavy atom. The first kappa shape index (κ1) is 19.2. The fraction of sp³-hybridized carbons (Fsp3) is 0.105. The summed E-state index contributed by atoms with van der Waals surface area (Å²) in [7, 11) is 0. The summed E-state index contributed by atoms with van der Waals surface area (Å²) in [6, 6.07) is 8.02. The molecular formula is C19H14ClN3O5. The second-order valence-electron chi connectivity index (χ2n) is 6.19. The van der Waals surface area contributed by atoms with E-state index in [2.05, 4.69) is 5.32 Å². The first-order valence-corrected chi connectivity index (χ1v) is 8.49. The number of amides is 4. The van der Waals surface area contributed by atoms with Crippen LogP contribution in [0.2, 0.25) is 5.02 Å². The van der Waals surface area contributed by atoms with E-state index in [9.17, 15) is 24.5 Å². The van der Waals surface area contributed by atoms with Gasteiger partial charge in [-0.2, -0.15) is 0 Å². The quantitative estimate of drug-likeness (QED) is 0.367. The fourth-order valence-corrected chi connectivity index (χ4v) is 2.87. The molecule has 0 radical (unpaired) electrons. The van der Waals surface area contributed by atoms with Gasteiger partial charge in [0.2, 0.25) is 0 Å². The Kier molecular flexibility index (Phi) is 4.98. The highest BCUT2D eigenvalue weighted by molar-refractivity contribution is 6.39. The largest absolute Gasteiger partial charge is 0.335 e. The Morgan fingerprint density at radius 3 is 2.43 bits per heavy atom. The van der Waals surface area contributed by atoms with Crippen molar-refractivity contribution in [1.82, 2.24) is 5.32 Å². The van der Waals surface area contributed by atoms with Gasteiger partial charge < -0.3 is 0 Å². The molecular weight excluding hydrogens is 386 g/mol. The third kappa shape index (κ3) is 3.49. The third-order valence-electron chi connectivity index (χ3n) is 4.33. The number of nitro benzene ring substituents is 1. The summed E-state index contributed by atoms with van der Waals surface area (Å²) in [5.41, 5.74) is 1.70. The van der Waals surface area contributed by atoms with Crippen molar-refractivity contribution < 1.29 is 19.3 Å². The Labute approximate surface area is 164 Å². The predicted octanol–water partition coefficient (Wildman–Crippen LogP) is 3.53. The number of imide groups is 2. The number of urea groups is 1. The lowest BCUT2D eigenvalue weighted by Crippen LogP contribution is -2.54. The normalized spacial score (nSPS) is 15.8. The van der Waals surface area contributed by atoms with E-state index < -0.39 is 22.8 Å². The number of carbonyl (C=O) groups excluding carboxylic acids is 3. The van der Waals surface area contributed by atoms with Crippen LogP contribution in [0, 0.1) is 24.0 Å². The summed E-state index contributed by atoms with van der Waals surface area (Å²) in [6.07, 6.45) is 1.18. The third-order valence-corrected chi connectivity index (χ3v) is 4.65. The lowest BCUT2D eigenvalue weighted by molar-refractivity contribution is -0.384. The summed E-state index contributed by atoms with van der Waals surface area (Å²) in [6.45, 7) is 3.72. The molecule has 0 unspecified atom stereocenters. The van der Waals surface area contributed by atoms with Gasteiger partial charge in [0, 0.05) is 6.07 Å². The topological polar surface area (TPSA) is 110 Å². The minimum absolute atomic E-state index is 0.0708. The van der Waals surface area contributed by atoms with E-state index in [0.29, 0.717) is 5.69 Å². The molecule has 0 aliphatic carbocycles. The van der Waals surface area contributed by atoms with E-state index in [1.807, 2.05) is 13.8 Å². The molecule has 9 heteroatoms. The van der Waals surface area contributed by atoms with Crippen LogP contribution < -0.4 is 10.2 Å². The van der Waals surface area contributed by atoms with Crippen LogP contribution in [0.4, 0.5) is 16.2 Å². The van der Waals surface area contributed by atoms with Gasteiger partial charge in [-0.3, -0.25) is 25.0 Å². The van der Waals surface area contributed by atoms with Crippen molar-refractivity contribution in [2.45, 2.75) is 13.8 Å². The number of nitrogens with one attached hydrogen (secondary N) is 1. The van der Waals surface area contributed by atoms with Gasteiger partial charge >= 0.3 is 6.03 Å². The lowest BCUT2D eigenvalue weighted by Gasteiger charge is -2.26. The van der Waals surface area contributed by atoms with E-state index in [1.54, 1.807) is 18.2 Å².